The molecule has 2 aromatic carbocycles. The Morgan fingerprint density at radius 2 is 1.67 bits per heavy atom. The van der Waals surface area contributed by atoms with Gasteiger partial charge in [-0.25, -0.2) is 0 Å². The molecule has 6 heteroatoms. The van der Waals surface area contributed by atoms with Crippen molar-refractivity contribution in [1.29, 1.82) is 0 Å². The summed E-state index contributed by atoms with van der Waals surface area (Å²) >= 11 is 1.41. The van der Waals surface area contributed by atoms with Gasteiger partial charge in [-0.2, -0.15) is 0 Å². The third-order valence-corrected chi connectivity index (χ3v) is 5.85. The molecule has 3 rings (SSSR count). The standard InChI is InChI=1S/C24H30N4OS/c1-7-28-22(18-8-10-19(11-9-18)24(4,5)6)26-27-23(28)30-15-21(29)25-20-13-16(2)12-17(3)14-20/h8-14H,7,15H2,1-6H3,(H,25,29). The van der Waals surface area contributed by atoms with Gasteiger partial charge >= 0.3 is 0 Å². The molecule has 5 nitrogen and oxygen atoms in total. The zero-order chi connectivity index (χ0) is 21.9. The van der Waals surface area contributed by atoms with E-state index in [1.165, 1.54) is 17.3 Å². The van der Waals surface area contributed by atoms with E-state index in [0.29, 0.717) is 0 Å². The van der Waals surface area contributed by atoms with Gasteiger partial charge in [0.15, 0.2) is 11.0 Å². The SMILES string of the molecule is CCn1c(SCC(=O)Nc2cc(C)cc(C)c2)nnc1-c1ccc(C(C)(C)C)cc1. The van der Waals surface area contributed by atoms with Crippen LogP contribution in [0.15, 0.2) is 47.6 Å². The van der Waals surface area contributed by atoms with Crippen LogP contribution in [0.3, 0.4) is 0 Å². The van der Waals surface area contributed by atoms with Crippen molar-refractivity contribution < 1.29 is 4.79 Å². The predicted octanol–water partition coefficient (Wildman–Crippen LogP) is 5.61. The van der Waals surface area contributed by atoms with E-state index in [2.05, 4.69) is 78.1 Å². The predicted molar refractivity (Wildman–Crippen MR) is 125 cm³/mol. The highest BCUT2D eigenvalue weighted by molar-refractivity contribution is 7.99. The molecule has 0 aliphatic rings. The van der Waals surface area contributed by atoms with Crippen molar-refractivity contribution in [1.82, 2.24) is 14.8 Å². The molecule has 1 amide bonds. The van der Waals surface area contributed by atoms with E-state index < -0.39 is 0 Å². The first-order chi connectivity index (χ1) is 14.2. The van der Waals surface area contributed by atoms with Crippen LogP contribution in [0.25, 0.3) is 11.4 Å². The second kappa shape index (κ2) is 9.04. The lowest BCUT2D eigenvalue weighted by molar-refractivity contribution is -0.113. The topological polar surface area (TPSA) is 59.8 Å². The number of aromatic nitrogens is 3. The minimum Gasteiger partial charge on any atom is -0.325 e. The molecule has 0 saturated heterocycles. The minimum atomic E-state index is -0.0493. The van der Waals surface area contributed by atoms with Gasteiger partial charge in [-0.05, 0) is 55.0 Å². The molecule has 1 N–H and O–H groups in total. The van der Waals surface area contributed by atoms with E-state index in [-0.39, 0.29) is 17.1 Å². The Morgan fingerprint density at radius 3 is 2.23 bits per heavy atom. The van der Waals surface area contributed by atoms with Crippen molar-refractivity contribution in [3.05, 3.63) is 59.2 Å². The summed E-state index contributed by atoms with van der Waals surface area (Å²) in [6.07, 6.45) is 0. The van der Waals surface area contributed by atoms with Crippen molar-refractivity contribution in [3.8, 4) is 11.4 Å². The number of thioether (sulfide) groups is 1. The normalized spacial score (nSPS) is 11.5. The van der Waals surface area contributed by atoms with E-state index >= 15 is 0 Å². The number of carbonyl (C=O) groups is 1. The average molecular weight is 423 g/mol. The highest BCUT2D eigenvalue weighted by Gasteiger charge is 2.17. The van der Waals surface area contributed by atoms with E-state index in [1.54, 1.807) is 0 Å². The molecule has 0 unspecified atom stereocenters. The van der Waals surface area contributed by atoms with Gasteiger partial charge in [-0.1, -0.05) is 62.9 Å². The molecule has 0 spiro atoms. The molecule has 0 saturated carbocycles. The lowest BCUT2D eigenvalue weighted by Crippen LogP contribution is -2.15. The van der Waals surface area contributed by atoms with Gasteiger partial charge in [-0.3, -0.25) is 4.79 Å². The van der Waals surface area contributed by atoms with Gasteiger partial charge in [0.25, 0.3) is 0 Å². The summed E-state index contributed by atoms with van der Waals surface area (Å²) in [5.41, 5.74) is 5.52. The Hall–Kier alpha value is -2.60. The maximum Gasteiger partial charge on any atom is 0.234 e. The monoisotopic (exact) mass is 422 g/mol. The summed E-state index contributed by atoms with van der Waals surface area (Å²) in [6.45, 7) is 13.5. The van der Waals surface area contributed by atoms with Crippen molar-refractivity contribution in [2.75, 3.05) is 11.1 Å². The fourth-order valence-corrected chi connectivity index (χ4v) is 4.19. The van der Waals surface area contributed by atoms with Crippen LogP contribution in [0.4, 0.5) is 5.69 Å². The lowest BCUT2D eigenvalue weighted by Gasteiger charge is -2.19. The maximum absolute atomic E-state index is 12.4. The summed E-state index contributed by atoms with van der Waals surface area (Å²) in [7, 11) is 0. The molecule has 30 heavy (non-hydrogen) atoms. The first-order valence-corrected chi connectivity index (χ1v) is 11.2. The number of hydrogen-bond acceptors (Lipinski definition) is 4. The molecule has 1 aromatic heterocycles. The largest absolute Gasteiger partial charge is 0.325 e. The van der Waals surface area contributed by atoms with Crippen molar-refractivity contribution in [2.24, 2.45) is 0 Å². The van der Waals surface area contributed by atoms with Gasteiger partial charge in [0, 0.05) is 17.8 Å². The molecular formula is C24H30N4OS. The molecule has 0 bridgehead atoms. The quantitative estimate of drug-likeness (QED) is 0.525. The molecule has 158 valence electrons. The third-order valence-electron chi connectivity index (χ3n) is 4.88. The van der Waals surface area contributed by atoms with E-state index in [0.717, 1.165) is 39.9 Å². The Balaban J connectivity index is 1.70. The second-order valence-corrected chi connectivity index (χ2v) is 9.53. The van der Waals surface area contributed by atoms with Gasteiger partial charge in [0.2, 0.25) is 5.91 Å². The first-order valence-electron chi connectivity index (χ1n) is 10.2. The number of anilines is 1. The maximum atomic E-state index is 12.4. The number of nitrogens with zero attached hydrogens (tertiary/aromatic N) is 3. The molecule has 0 atom stereocenters. The number of amides is 1. The number of hydrogen-bond donors (Lipinski definition) is 1. The summed E-state index contributed by atoms with van der Waals surface area (Å²) in [5, 5.41) is 12.5. The highest BCUT2D eigenvalue weighted by atomic mass is 32.2. The first kappa shape index (κ1) is 22.1. The fraction of sp³-hybridized carbons (Fsp3) is 0.375. The average Bonchev–Trinajstić information content (AvgIpc) is 3.08. The Bertz CT molecular complexity index is 1010. The van der Waals surface area contributed by atoms with Crippen LogP contribution in [-0.4, -0.2) is 26.4 Å². The minimum absolute atomic E-state index is 0.0493. The number of benzene rings is 2. The molecule has 3 aromatic rings. The van der Waals surface area contributed by atoms with Gasteiger partial charge < -0.3 is 9.88 Å². The summed E-state index contributed by atoms with van der Waals surface area (Å²) < 4.78 is 2.06. The fourth-order valence-electron chi connectivity index (χ4n) is 3.39. The smallest absolute Gasteiger partial charge is 0.234 e. The second-order valence-electron chi connectivity index (χ2n) is 8.59. The van der Waals surface area contributed by atoms with Crippen molar-refractivity contribution in [3.63, 3.8) is 0 Å². The van der Waals surface area contributed by atoms with E-state index in [9.17, 15) is 4.79 Å². The molecule has 0 aliphatic heterocycles. The Kier molecular flexibility index (Phi) is 6.66. The van der Waals surface area contributed by atoms with Crippen molar-refractivity contribution >= 4 is 23.4 Å². The zero-order valence-corrected chi connectivity index (χ0v) is 19.4. The zero-order valence-electron chi connectivity index (χ0n) is 18.6. The van der Waals surface area contributed by atoms with Crippen LogP contribution in [-0.2, 0) is 16.8 Å². The number of aryl methyl sites for hydroxylation is 2. The molecule has 0 fully saturated rings. The summed E-state index contributed by atoms with van der Waals surface area (Å²) in [5.74, 6) is 1.07. The summed E-state index contributed by atoms with van der Waals surface area (Å²) in [4.78, 5) is 12.4. The van der Waals surface area contributed by atoms with Gasteiger partial charge in [-0.15, -0.1) is 10.2 Å². The van der Waals surface area contributed by atoms with Crippen molar-refractivity contribution in [2.45, 2.75) is 58.7 Å². The van der Waals surface area contributed by atoms with Crippen LogP contribution >= 0.6 is 11.8 Å². The van der Waals surface area contributed by atoms with Crippen LogP contribution in [0.2, 0.25) is 0 Å². The molecule has 1 heterocycles. The third kappa shape index (κ3) is 5.30. The molecule has 0 aliphatic carbocycles. The lowest BCUT2D eigenvalue weighted by atomic mass is 9.87. The Labute approximate surface area is 183 Å². The molecular weight excluding hydrogens is 392 g/mol. The van der Waals surface area contributed by atoms with Gasteiger partial charge in [0.1, 0.15) is 0 Å². The Morgan fingerprint density at radius 1 is 1.03 bits per heavy atom. The number of rotatable bonds is 6. The number of nitrogens with one attached hydrogen (secondary N) is 1. The van der Waals surface area contributed by atoms with Crippen LogP contribution < -0.4 is 5.32 Å². The summed E-state index contributed by atoms with van der Waals surface area (Å²) in [6, 6.07) is 14.5. The van der Waals surface area contributed by atoms with E-state index in [1.807, 2.05) is 26.0 Å². The van der Waals surface area contributed by atoms with Gasteiger partial charge in [0.05, 0.1) is 5.75 Å². The van der Waals surface area contributed by atoms with Crippen LogP contribution in [0.1, 0.15) is 44.4 Å². The van der Waals surface area contributed by atoms with Crippen LogP contribution in [0.5, 0.6) is 0 Å². The molecule has 0 radical (unpaired) electrons. The highest BCUT2D eigenvalue weighted by Crippen LogP contribution is 2.27. The van der Waals surface area contributed by atoms with E-state index in [4.69, 9.17) is 0 Å². The number of carbonyl (C=O) groups excluding carboxylic acids is 1. The van der Waals surface area contributed by atoms with Crippen LogP contribution in [0, 0.1) is 13.8 Å².